The second kappa shape index (κ2) is 8.24. The van der Waals surface area contributed by atoms with Crippen molar-refractivity contribution in [1.82, 2.24) is 14.5 Å². The first-order chi connectivity index (χ1) is 16.6. The fourth-order valence-electron chi connectivity index (χ4n) is 9.91. The Morgan fingerprint density at radius 3 is 2.63 bits per heavy atom. The van der Waals surface area contributed by atoms with Crippen LogP contribution in [0.1, 0.15) is 91.9 Å². The van der Waals surface area contributed by atoms with Crippen LogP contribution in [-0.4, -0.2) is 44.0 Å². The highest BCUT2D eigenvalue weighted by Gasteiger charge is 2.69. The summed E-state index contributed by atoms with van der Waals surface area (Å²) >= 11 is 1.53. The molecule has 1 amide bonds. The average Bonchev–Trinajstić information content (AvgIpc) is 3.44. The molecule has 6 heteroatoms. The van der Waals surface area contributed by atoms with Gasteiger partial charge in [-0.3, -0.25) is 4.79 Å². The van der Waals surface area contributed by atoms with Gasteiger partial charge >= 0.3 is 0 Å². The van der Waals surface area contributed by atoms with Crippen LogP contribution in [0.15, 0.2) is 17.6 Å². The SMILES string of the molecule is Cn1ccnc1SCC(=O)N1C[C@@]2(CC[C@@H]3[C@@H]4CC[C@H]5CCCC[C@]5(C)[C@@H]4CC[C@@]32C)OC1(C)C. The molecule has 2 heterocycles. The first kappa shape index (κ1) is 24.3. The first-order valence-corrected chi connectivity index (χ1v) is 15.2. The Morgan fingerprint density at radius 2 is 1.86 bits per heavy atom. The van der Waals surface area contributed by atoms with E-state index in [0.29, 0.717) is 11.2 Å². The van der Waals surface area contributed by atoms with Gasteiger partial charge in [-0.25, -0.2) is 4.98 Å². The van der Waals surface area contributed by atoms with E-state index in [2.05, 4.69) is 37.6 Å². The van der Waals surface area contributed by atoms with Crippen molar-refractivity contribution in [3.8, 4) is 0 Å². The summed E-state index contributed by atoms with van der Waals surface area (Å²) < 4.78 is 9.03. The maximum absolute atomic E-state index is 13.5. The van der Waals surface area contributed by atoms with Gasteiger partial charge in [0.15, 0.2) is 5.16 Å². The van der Waals surface area contributed by atoms with Crippen LogP contribution in [0.2, 0.25) is 0 Å². The fraction of sp³-hybridized carbons (Fsp3) is 0.862. The highest BCUT2D eigenvalue weighted by atomic mass is 32.2. The van der Waals surface area contributed by atoms with Gasteiger partial charge in [0.1, 0.15) is 5.72 Å². The summed E-state index contributed by atoms with van der Waals surface area (Å²) in [5.74, 6) is 4.05. The van der Waals surface area contributed by atoms with Gasteiger partial charge in [0.2, 0.25) is 5.91 Å². The molecular weight excluding hydrogens is 454 g/mol. The molecule has 1 spiro atoms. The third kappa shape index (κ3) is 3.51. The maximum Gasteiger partial charge on any atom is 0.235 e. The minimum atomic E-state index is -0.555. The number of imidazole rings is 1. The molecule has 1 aromatic rings. The topological polar surface area (TPSA) is 47.4 Å². The Bertz CT molecular complexity index is 992. The zero-order valence-electron chi connectivity index (χ0n) is 22.5. The molecule has 0 N–H and O–H groups in total. The van der Waals surface area contributed by atoms with E-state index in [1.165, 1.54) is 69.5 Å². The van der Waals surface area contributed by atoms with Crippen LogP contribution in [0.5, 0.6) is 0 Å². The van der Waals surface area contributed by atoms with E-state index in [9.17, 15) is 4.79 Å². The molecule has 1 saturated heterocycles. The minimum absolute atomic E-state index is 0.172. The zero-order valence-corrected chi connectivity index (χ0v) is 23.3. The lowest BCUT2D eigenvalue weighted by Gasteiger charge is -2.61. The van der Waals surface area contributed by atoms with Crippen molar-refractivity contribution in [2.45, 2.75) is 108 Å². The number of carbonyl (C=O) groups is 1. The van der Waals surface area contributed by atoms with Crippen LogP contribution in [0, 0.1) is 34.5 Å². The van der Waals surface area contributed by atoms with E-state index < -0.39 is 5.72 Å². The van der Waals surface area contributed by atoms with Crippen molar-refractivity contribution in [2.24, 2.45) is 41.5 Å². The van der Waals surface area contributed by atoms with Crippen LogP contribution < -0.4 is 0 Å². The second-order valence-electron chi connectivity index (χ2n) is 13.5. The van der Waals surface area contributed by atoms with E-state index in [4.69, 9.17) is 4.74 Å². The van der Waals surface area contributed by atoms with Gasteiger partial charge in [-0.2, -0.15) is 0 Å². The molecule has 5 aliphatic rings. The first-order valence-electron chi connectivity index (χ1n) is 14.2. The Morgan fingerprint density at radius 1 is 1.06 bits per heavy atom. The van der Waals surface area contributed by atoms with Gasteiger partial charge < -0.3 is 14.2 Å². The van der Waals surface area contributed by atoms with Crippen LogP contribution in [0.4, 0.5) is 0 Å². The van der Waals surface area contributed by atoms with Crippen molar-refractivity contribution >= 4 is 17.7 Å². The summed E-state index contributed by atoms with van der Waals surface area (Å²) in [5, 5.41) is 0.893. The number of aromatic nitrogens is 2. The van der Waals surface area contributed by atoms with Crippen molar-refractivity contribution in [3.05, 3.63) is 12.4 Å². The molecule has 1 aromatic heterocycles. The van der Waals surface area contributed by atoms with Crippen LogP contribution >= 0.6 is 11.8 Å². The second-order valence-corrected chi connectivity index (χ2v) is 14.5. The molecular formula is C29H45N3O2S. The summed E-state index contributed by atoms with van der Waals surface area (Å²) in [5.41, 5.74) is -0.00948. The highest BCUT2D eigenvalue weighted by molar-refractivity contribution is 7.99. The number of hydrogen-bond donors (Lipinski definition) is 0. The van der Waals surface area contributed by atoms with E-state index in [-0.39, 0.29) is 16.9 Å². The fourth-order valence-corrected chi connectivity index (χ4v) is 10.7. The van der Waals surface area contributed by atoms with Crippen LogP contribution in [-0.2, 0) is 16.6 Å². The standard InChI is InChI=1S/C29H45N3O2S/c1-26(2)32(24(33)18-35-25-30-16-17-31(25)5)19-29(34-26)15-12-23-21-10-9-20-8-6-7-13-27(20,3)22(21)11-14-28(23,29)4/h16-17,20-23H,6-15,18-19H2,1-5H3/t20-,21-,22-,23-,27+,28+,29-/m1/s1. The number of thioether (sulfide) groups is 1. The van der Waals surface area contributed by atoms with Gasteiger partial charge in [-0.05, 0) is 94.3 Å². The number of carbonyl (C=O) groups excluding carboxylic acids is 1. The predicted molar refractivity (Wildman–Crippen MR) is 140 cm³/mol. The van der Waals surface area contributed by atoms with E-state index in [1.54, 1.807) is 6.20 Å². The summed E-state index contributed by atoms with van der Waals surface area (Å²) in [6.07, 6.45) is 17.4. The lowest BCUT2D eigenvalue weighted by molar-refractivity contribution is -0.188. The highest BCUT2D eigenvalue weighted by Crippen LogP contribution is 2.70. The molecule has 0 radical (unpaired) electrons. The number of rotatable bonds is 3. The summed E-state index contributed by atoms with van der Waals surface area (Å²) in [6.45, 7) is 10.2. The Labute approximate surface area is 216 Å². The number of ether oxygens (including phenoxy) is 1. The van der Waals surface area contributed by atoms with Crippen molar-refractivity contribution in [1.29, 1.82) is 0 Å². The third-order valence-corrected chi connectivity index (χ3v) is 12.8. The Hall–Kier alpha value is -1.01. The Balaban J connectivity index is 1.22. The minimum Gasteiger partial charge on any atom is -0.347 e. The monoisotopic (exact) mass is 499 g/mol. The summed E-state index contributed by atoms with van der Waals surface area (Å²) in [4.78, 5) is 19.9. The lowest BCUT2D eigenvalue weighted by atomic mass is 9.44. The molecule has 0 aromatic carbocycles. The largest absolute Gasteiger partial charge is 0.347 e. The van der Waals surface area contributed by atoms with Crippen LogP contribution in [0.25, 0.3) is 0 Å². The van der Waals surface area contributed by atoms with E-state index in [1.807, 2.05) is 17.8 Å². The molecule has 7 atom stereocenters. The van der Waals surface area contributed by atoms with Gasteiger partial charge in [-0.1, -0.05) is 38.5 Å². The molecule has 0 bridgehead atoms. The summed E-state index contributed by atoms with van der Waals surface area (Å²) in [6, 6.07) is 0. The normalized spacial score (nSPS) is 44.2. The molecule has 1 aliphatic heterocycles. The molecule has 5 fully saturated rings. The van der Waals surface area contributed by atoms with Crippen LogP contribution in [0.3, 0.4) is 0 Å². The molecule has 35 heavy (non-hydrogen) atoms. The van der Waals surface area contributed by atoms with Gasteiger partial charge in [0.05, 0.1) is 17.9 Å². The molecule has 194 valence electrons. The number of nitrogens with zero attached hydrogens (tertiary/aromatic N) is 3. The van der Waals surface area contributed by atoms with Gasteiger partial charge in [0, 0.05) is 24.9 Å². The number of amides is 1. The van der Waals surface area contributed by atoms with Crippen molar-refractivity contribution in [2.75, 3.05) is 12.3 Å². The van der Waals surface area contributed by atoms with E-state index >= 15 is 0 Å². The smallest absolute Gasteiger partial charge is 0.235 e. The third-order valence-electron chi connectivity index (χ3n) is 11.8. The van der Waals surface area contributed by atoms with Gasteiger partial charge in [-0.15, -0.1) is 0 Å². The van der Waals surface area contributed by atoms with Crippen molar-refractivity contribution in [3.63, 3.8) is 0 Å². The molecule has 4 saturated carbocycles. The van der Waals surface area contributed by atoms with Gasteiger partial charge in [0.25, 0.3) is 0 Å². The van der Waals surface area contributed by atoms with Crippen molar-refractivity contribution < 1.29 is 9.53 Å². The predicted octanol–water partition coefficient (Wildman–Crippen LogP) is 6.28. The number of hydrogen-bond acceptors (Lipinski definition) is 4. The van der Waals surface area contributed by atoms with E-state index in [0.717, 1.165) is 41.8 Å². The average molecular weight is 500 g/mol. The number of fused-ring (bicyclic) bond motifs is 6. The number of aryl methyl sites for hydroxylation is 1. The molecule has 0 unspecified atom stereocenters. The summed E-state index contributed by atoms with van der Waals surface area (Å²) in [7, 11) is 1.98. The molecule has 5 nitrogen and oxygen atoms in total. The quantitative estimate of drug-likeness (QED) is 0.459. The maximum atomic E-state index is 13.5. The Kier molecular flexibility index (Phi) is 5.73. The molecule has 4 aliphatic carbocycles. The lowest BCUT2D eigenvalue weighted by Crippen LogP contribution is -2.57. The molecule has 6 rings (SSSR count). The zero-order chi connectivity index (χ0) is 24.6.